The van der Waals surface area contributed by atoms with Crippen molar-refractivity contribution in [2.24, 2.45) is 13.0 Å². The summed E-state index contributed by atoms with van der Waals surface area (Å²) in [6.07, 6.45) is 2.12. The Morgan fingerprint density at radius 2 is 2.10 bits per heavy atom. The molecule has 5 heteroatoms. The molecule has 1 aliphatic heterocycles. The summed E-state index contributed by atoms with van der Waals surface area (Å²) in [6.45, 7) is 1.65. The SMILES string of the molecule is CNC(c1ccc2c(c1)oc(=O)n2C)C1CCOCC1. The van der Waals surface area contributed by atoms with Crippen LogP contribution in [0.5, 0.6) is 0 Å². The highest BCUT2D eigenvalue weighted by Crippen LogP contribution is 2.31. The number of oxazole rings is 1. The van der Waals surface area contributed by atoms with Crippen molar-refractivity contribution in [3.05, 3.63) is 34.3 Å². The number of hydrogen-bond acceptors (Lipinski definition) is 4. The predicted octanol–water partition coefficient (Wildman–Crippen LogP) is 1.82. The van der Waals surface area contributed by atoms with E-state index in [9.17, 15) is 4.79 Å². The van der Waals surface area contributed by atoms with Gasteiger partial charge in [-0.2, -0.15) is 0 Å². The number of hydrogen-bond donors (Lipinski definition) is 1. The lowest BCUT2D eigenvalue weighted by molar-refractivity contribution is 0.0546. The topological polar surface area (TPSA) is 56.4 Å². The lowest BCUT2D eigenvalue weighted by atomic mass is 9.87. The van der Waals surface area contributed by atoms with Crippen LogP contribution in [-0.2, 0) is 11.8 Å². The zero-order valence-corrected chi connectivity index (χ0v) is 11.9. The lowest BCUT2D eigenvalue weighted by Gasteiger charge is -2.30. The quantitative estimate of drug-likeness (QED) is 0.929. The summed E-state index contributed by atoms with van der Waals surface area (Å²) in [5.74, 6) is 0.242. The Morgan fingerprint density at radius 3 is 2.80 bits per heavy atom. The molecule has 0 saturated carbocycles. The summed E-state index contributed by atoms with van der Waals surface area (Å²) in [4.78, 5) is 11.6. The number of rotatable bonds is 3. The second-order valence-electron chi connectivity index (χ2n) is 5.37. The van der Waals surface area contributed by atoms with Gasteiger partial charge in [-0.1, -0.05) is 6.07 Å². The normalized spacial score (nSPS) is 18.5. The Hall–Kier alpha value is -1.59. The molecule has 5 nitrogen and oxygen atoms in total. The van der Waals surface area contributed by atoms with E-state index in [0.29, 0.717) is 11.5 Å². The molecule has 0 bridgehead atoms. The highest BCUT2D eigenvalue weighted by atomic mass is 16.5. The fourth-order valence-electron chi connectivity index (χ4n) is 3.07. The van der Waals surface area contributed by atoms with Crippen LogP contribution in [0, 0.1) is 5.92 Å². The van der Waals surface area contributed by atoms with E-state index in [1.807, 2.05) is 19.2 Å². The molecule has 1 fully saturated rings. The maximum Gasteiger partial charge on any atom is 0.419 e. The Morgan fingerprint density at radius 1 is 1.35 bits per heavy atom. The van der Waals surface area contributed by atoms with Crippen LogP contribution < -0.4 is 11.1 Å². The average molecular weight is 276 g/mol. The van der Waals surface area contributed by atoms with Gasteiger partial charge in [0.15, 0.2) is 5.58 Å². The van der Waals surface area contributed by atoms with Crippen molar-refractivity contribution in [3.63, 3.8) is 0 Å². The summed E-state index contributed by atoms with van der Waals surface area (Å²) < 4.78 is 12.2. The molecule has 20 heavy (non-hydrogen) atoms. The number of benzene rings is 1. The highest BCUT2D eigenvalue weighted by molar-refractivity contribution is 5.73. The lowest BCUT2D eigenvalue weighted by Crippen LogP contribution is -2.29. The molecule has 1 saturated heterocycles. The van der Waals surface area contributed by atoms with Crippen LogP contribution in [0.25, 0.3) is 11.1 Å². The number of nitrogens with one attached hydrogen (secondary N) is 1. The molecule has 0 spiro atoms. The van der Waals surface area contributed by atoms with E-state index in [-0.39, 0.29) is 11.8 Å². The molecule has 1 aromatic heterocycles. The molecule has 1 aliphatic rings. The van der Waals surface area contributed by atoms with Gasteiger partial charge in [0.25, 0.3) is 0 Å². The van der Waals surface area contributed by atoms with Crippen LogP contribution in [0.1, 0.15) is 24.4 Å². The third-order valence-electron chi connectivity index (χ3n) is 4.22. The van der Waals surface area contributed by atoms with Crippen LogP contribution in [0.4, 0.5) is 0 Å². The van der Waals surface area contributed by atoms with E-state index < -0.39 is 0 Å². The summed E-state index contributed by atoms with van der Waals surface area (Å²) in [5.41, 5.74) is 2.66. The van der Waals surface area contributed by atoms with E-state index in [0.717, 1.165) is 31.6 Å². The summed E-state index contributed by atoms with van der Waals surface area (Å²) >= 11 is 0. The number of ether oxygens (including phenoxy) is 1. The number of aromatic nitrogens is 1. The standard InChI is InChI=1S/C15H20N2O3/c1-16-14(10-5-7-19-8-6-10)11-3-4-12-13(9-11)20-15(18)17(12)2/h3-4,9-10,14,16H,5-8H2,1-2H3. The molecule has 0 amide bonds. The maximum atomic E-state index is 11.6. The van der Waals surface area contributed by atoms with Crippen LogP contribution in [-0.4, -0.2) is 24.8 Å². The van der Waals surface area contributed by atoms with Crippen molar-refractivity contribution in [1.82, 2.24) is 9.88 Å². The summed E-state index contributed by atoms with van der Waals surface area (Å²) in [7, 11) is 3.70. The largest absolute Gasteiger partial charge is 0.419 e. The molecular weight excluding hydrogens is 256 g/mol. The first-order valence-electron chi connectivity index (χ1n) is 7.05. The van der Waals surface area contributed by atoms with E-state index in [2.05, 4.69) is 11.4 Å². The molecule has 108 valence electrons. The van der Waals surface area contributed by atoms with Gasteiger partial charge in [-0.15, -0.1) is 0 Å². The van der Waals surface area contributed by atoms with Gasteiger partial charge in [-0.05, 0) is 43.5 Å². The Kier molecular flexibility index (Phi) is 3.63. The minimum Gasteiger partial charge on any atom is -0.408 e. The molecule has 2 heterocycles. The van der Waals surface area contributed by atoms with Crippen LogP contribution in [0.15, 0.2) is 27.4 Å². The van der Waals surface area contributed by atoms with Crippen molar-refractivity contribution in [3.8, 4) is 0 Å². The molecule has 1 N–H and O–H groups in total. The smallest absolute Gasteiger partial charge is 0.408 e. The zero-order valence-electron chi connectivity index (χ0n) is 11.9. The molecular formula is C15H20N2O3. The highest BCUT2D eigenvalue weighted by Gasteiger charge is 2.24. The molecule has 1 atom stereocenters. The average Bonchev–Trinajstić information content (AvgIpc) is 2.76. The molecule has 2 aromatic rings. The van der Waals surface area contributed by atoms with E-state index in [1.54, 1.807) is 7.05 Å². The van der Waals surface area contributed by atoms with Gasteiger partial charge in [-0.3, -0.25) is 4.57 Å². The molecule has 1 aromatic carbocycles. The van der Waals surface area contributed by atoms with Crippen LogP contribution >= 0.6 is 0 Å². The van der Waals surface area contributed by atoms with Crippen molar-refractivity contribution in [2.75, 3.05) is 20.3 Å². The Balaban J connectivity index is 1.96. The van der Waals surface area contributed by atoms with Gasteiger partial charge in [0.1, 0.15) is 0 Å². The number of nitrogens with zero attached hydrogens (tertiary/aromatic N) is 1. The predicted molar refractivity (Wildman–Crippen MR) is 76.8 cm³/mol. The van der Waals surface area contributed by atoms with Gasteiger partial charge in [0, 0.05) is 26.3 Å². The number of aryl methyl sites for hydroxylation is 1. The van der Waals surface area contributed by atoms with Crippen molar-refractivity contribution in [2.45, 2.75) is 18.9 Å². The van der Waals surface area contributed by atoms with E-state index in [4.69, 9.17) is 9.15 Å². The number of fused-ring (bicyclic) bond motifs is 1. The zero-order chi connectivity index (χ0) is 14.1. The van der Waals surface area contributed by atoms with E-state index in [1.165, 1.54) is 10.1 Å². The maximum absolute atomic E-state index is 11.6. The van der Waals surface area contributed by atoms with Gasteiger partial charge >= 0.3 is 5.76 Å². The second kappa shape index (κ2) is 5.42. The van der Waals surface area contributed by atoms with Crippen LogP contribution in [0.3, 0.4) is 0 Å². The fraction of sp³-hybridized carbons (Fsp3) is 0.533. The summed E-state index contributed by atoms with van der Waals surface area (Å²) in [6, 6.07) is 6.29. The van der Waals surface area contributed by atoms with Crippen molar-refractivity contribution in [1.29, 1.82) is 0 Å². The Labute approximate surface area is 117 Å². The molecule has 0 radical (unpaired) electrons. The third kappa shape index (κ3) is 2.27. The fourth-order valence-corrected chi connectivity index (χ4v) is 3.07. The first kappa shape index (κ1) is 13.4. The first-order chi connectivity index (χ1) is 9.70. The van der Waals surface area contributed by atoms with Crippen molar-refractivity contribution < 1.29 is 9.15 Å². The second-order valence-corrected chi connectivity index (χ2v) is 5.37. The minimum absolute atomic E-state index is 0.272. The monoisotopic (exact) mass is 276 g/mol. The first-order valence-corrected chi connectivity index (χ1v) is 7.05. The molecule has 0 aliphatic carbocycles. The third-order valence-corrected chi connectivity index (χ3v) is 4.22. The minimum atomic E-state index is -0.316. The van der Waals surface area contributed by atoms with Gasteiger partial charge < -0.3 is 14.5 Å². The van der Waals surface area contributed by atoms with Crippen LogP contribution in [0.2, 0.25) is 0 Å². The van der Waals surface area contributed by atoms with Gasteiger partial charge in [0.05, 0.1) is 5.52 Å². The van der Waals surface area contributed by atoms with Gasteiger partial charge in [-0.25, -0.2) is 4.79 Å². The van der Waals surface area contributed by atoms with Gasteiger partial charge in [0.2, 0.25) is 0 Å². The Bertz CT molecular complexity index is 653. The molecule has 3 rings (SSSR count). The van der Waals surface area contributed by atoms with E-state index >= 15 is 0 Å². The van der Waals surface area contributed by atoms with Crippen molar-refractivity contribution >= 4 is 11.1 Å². The summed E-state index contributed by atoms with van der Waals surface area (Å²) in [5, 5.41) is 3.39. The molecule has 1 unspecified atom stereocenters.